The highest BCUT2D eigenvalue weighted by atomic mass is 35.5. The summed E-state index contributed by atoms with van der Waals surface area (Å²) in [7, 11) is 0. The molecule has 0 aromatic heterocycles. The maximum absolute atomic E-state index is 11.8. The minimum Gasteiger partial charge on any atom is -0.506 e. The Hall–Kier alpha value is -1.26. The molecular formula is C11H15ClN2O2. The number of benzene rings is 1. The molecule has 1 rings (SSSR count). The molecule has 0 atom stereocenters. The van der Waals surface area contributed by atoms with E-state index in [1.165, 1.54) is 18.2 Å². The van der Waals surface area contributed by atoms with Crippen LogP contribution in [-0.4, -0.2) is 23.1 Å². The number of halogens is 1. The van der Waals surface area contributed by atoms with E-state index < -0.39 is 5.54 Å². The van der Waals surface area contributed by atoms with Gasteiger partial charge >= 0.3 is 0 Å². The van der Waals surface area contributed by atoms with Gasteiger partial charge in [0.1, 0.15) is 5.75 Å². The summed E-state index contributed by atoms with van der Waals surface area (Å²) in [6.45, 7) is 3.99. The fourth-order valence-electron chi connectivity index (χ4n) is 1.08. The molecule has 0 saturated carbocycles. The topological polar surface area (TPSA) is 75.3 Å². The highest BCUT2D eigenvalue weighted by Crippen LogP contribution is 2.23. The molecule has 0 heterocycles. The molecule has 0 unspecified atom stereocenters. The zero-order valence-electron chi connectivity index (χ0n) is 9.25. The van der Waals surface area contributed by atoms with Gasteiger partial charge in [0.25, 0.3) is 5.91 Å². The van der Waals surface area contributed by atoms with Crippen LogP contribution in [0.1, 0.15) is 24.2 Å². The summed E-state index contributed by atoms with van der Waals surface area (Å²) < 4.78 is 0. The van der Waals surface area contributed by atoms with Gasteiger partial charge in [-0.05, 0) is 32.0 Å². The number of hydrogen-bond acceptors (Lipinski definition) is 3. The largest absolute Gasteiger partial charge is 0.506 e. The van der Waals surface area contributed by atoms with Crippen LogP contribution >= 0.6 is 11.6 Å². The van der Waals surface area contributed by atoms with Crippen LogP contribution in [0.25, 0.3) is 0 Å². The van der Waals surface area contributed by atoms with Crippen molar-refractivity contribution >= 4 is 17.5 Å². The van der Waals surface area contributed by atoms with E-state index in [0.717, 1.165) is 0 Å². The summed E-state index contributed by atoms with van der Waals surface area (Å²) in [6.07, 6.45) is 0. The van der Waals surface area contributed by atoms with Gasteiger partial charge in [-0.1, -0.05) is 11.6 Å². The average molecular weight is 243 g/mol. The first kappa shape index (κ1) is 12.8. The number of nitrogens with one attached hydrogen (secondary N) is 1. The summed E-state index contributed by atoms with van der Waals surface area (Å²) in [5.74, 6) is -0.311. The Morgan fingerprint density at radius 2 is 2.19 bits per heavy atom. The molecule has 0 saturated heterocycles. The number of phenols is 1. The summed E-state index contributed by atoms with van der Waals surface area (Å²) in [5.41, 5.74) is 5.43. The smallest absolute Gasteiger partial charge is 0.251 e. The Bertz CT molecular complexity index is 405. The van der Waals surface area contributed by atoms with Crippen LogP contribution in [0.2, 0.25) is 5.02 Å². The number of amides is 1. The quantitative estimate of drug-likeness (QED) is 0.752. The first-order chi connectivity index (χ1) is 7.35. The van der Waals surface area contributed by atoms with Crippen LogP contribution in [-0.2, 0) is 0 Å². The number of hydrogen-bond donors (Lipinski definition) is 3. The first-order valence-corrected chi connectivity index (χ1v) is 5.24. The van der Waals surface area contributed by atoms with Gasteiger partial charge in [0, 0.05) is 17.6 Å². The molecule has 0 aliphatic rings. The highest BCUT2D eigenvalue weighted by Gasteiger charge is 2.19. The van der Waals surface area contributed by atoms with Gasteiger partial charge < -0.3 is 16.2 Å². The van der Waals surface area contributed by atoms with Crippen molar-refractivity contribution in [1.29, 1.82) is 0 Å². The third-order valence-corrected chi connectivity index (χ3v) is 2.47. The van der Waals surface area contributed by atoms with E-state index >= 15 is 0 Å². The molecular weight excluding hydrogens is 228 g/mol. The molecule has 0 aliphatic carbocycles. The number of rotatable bonds is 3. The molecule has 0 fully saturated rings. The fraction of sp³-hybridized carbons (Fsp3) is 0.364. The van der Waals surface area contributed by atoms with E-state index in [-0.39, 0.29) is 16.7 Å². The minimum absolute atomic E-state index is 0.0451. The molecule has 1 amide bonds. The SMILES string of the molecule is CC(C)(CN)NC(=O)c1ccc(O)c(Cl)c1. The summed E-state index contributed by atoms with van der Waals surface area (Å²) >= 11 is 5.71. The molecule has 5 heteroatoms. The monoisotopic (exact) mass is 242 g/mol. The van der Waals surface area contributed by atoms with Crippen LogP contribution in [0.15, 0.2) is 18.2 Å². The number of nitrogens with two attached hydrogens (primary N) is 1. The van der Waals surface area contributed by atoms with Gasteiger partial charge in [-0.25, -0.2) is 0 Å². The lowest BCUT2D eigenvalue weighted by Crippen LogP contribution is -2.48. The van der Waals surface area contributed by atoms with Crippen molar-refractivity contribution in [3.8, 4) is 5.75 Å². The Morgan fingerprint density at radius 3 is 2.69 bits per heavy atom. The second kappa shape index (κ2) is 4.72. The standard InChI is InChI=1S/C11H15ClN2O2/c1-11(2,6-13)14-10(16)7-3-4-9(15)8(12)5-7/h3-5,15H,6,13H2,1-2H3,(H,14,16). The predicted molar refractivity (Wildman–Crippen MR) is 63.7 cm³/mol. The second-order valence-corrected chi connectivity index (χ2v) is 4.62. The molecule has 4 nitrogen and oxygen atoms in total. The normalized spacial score (nSPS) is 11.2. The van der Waals surface area contributed by atoms with Crippen molar-refractivity contribution < 1.29 is 9.90 Å². The Kier molecular flexibility index (Phi) is 3.78. The van der Waals surface area contributed by atoms with Crippen LogP contribution in [0, 0.1) is 0 Å². The molecule has 16 heavy (non-hydrogen) atoms. The second-order valence-electron chi connectivity index (χ2n) is 4.21. The first-order valence-electron chi connectivity index (χ1n) is 4.87. The van der Waals surface area contributed by atoms with Crippen LogP contribution in [0.5, 0.6) is 5.75 Å². The minimum atomic E-state index is -0.471. The van der Waals surface area contributed by atoms with E-state index in [4.69, 9.17) is 17.3 Å². The van der Waals surface area contributed by atoms with E-state index in [0.29, 0.717) is 12.1 Å². The fourth-order valence-corrected chi connectivity index (χ4v) is 1.26. The van der Waals surface area contributed by atoms with Crippen molar-refractivity contribution in [2.24, 2.45) is 5.73 Å². The van der Waals surface area contributed by atoms with Crippen LogP contribution in [0.3, 0.4) is 0 Å². The third kappa shape index (κ3) is 3.12. The molecule has 0 bridgehead atoms. The van der Waals surface area contributed by atoms with Crippen molar-refractivity contribution in [3.05, 3.63) is 28.8 Å². The summed E-state index contributed by atoms with van der Waals surface area (Å²) in [6, 6.07) is 4.30. The van der Waals surface area contributed by atoms with E-state index in [1.54, 1.807) is 0 Å². The average Bonchev–Trinajstić information content (AvgIpc) is 2.21. The molecule has 1 aromatic rings. The van der Waals surface area contributed by atoms with E-state index in [2.05, 4.69) is 5.32 Å². The van der Waals surface area contributed by atoms with Crippen LogP contribution in [0.4, 0.5) is 0 Å². The molecule has 88 valence electrons. The Labute approximate surface area is 99.4 Å². The van der Waals surface area contributed by atoms with E-state index in [9.17, 15) is 9.90 Å². The lowest BCUT2D eigenvalue weighted by molar-refractivity contribution is 0.0915. The molecule has 4 N–H and O–H groups in total. The third-order valence-electron chi connectivity index (χ3n) is 2.17. The van der Waals surface area contributed by atoms with Gasteiger partial charge in [0.15, 0.2) is 0 Å². The van der Waals surface area contributed by atoms with Crippen molar-refractivity contribution in [3.63, 3.8) is 0 Å². The van der Waals surface area contributed by atoms with Crippen molar-refractivity contribution in [2.75, 3.05) is 6.54 Å². The van der Waals surface area contributed by atoms with Gasteiger partial charge in [-0.3, -0.25) is 4.79 Å². The maximum atomic E-state index is 11.8. The maximum Gasteiger partial charge on any atom is 0.251 e. The van der Waals surface area contributed by atoms with Gasteiger partial charge in [-0.15, -0.1) is 0 Å². The highest BCUT2D eigenvalue weighted by molar-refractivity contribution is 6.32. The van der Waals surface area contributed by atoms with Crippen molar-refractivity contribution in [1.82, 2.24) is 5.32 Å². The zero-order valence-corrected chi connectivity index (χ0v) is 10.0. The van der Waals surface area contributed by atoms with E-state index in [1.807, 2.05) is 13.8 Å². The predicted octanol–water partition coefficient (Wildman–Crippen LogP) is 1.51. The zero-order chi connectivity index (χ0) is 12.3. The molecule has 0 radical (unpaired) electrons. The molecule has 1 aromatic carbocycles. The van der Waals surface area contributed by atoms with Crippen LogP contribution < -0.4 is 11.1 Å². The lowest BCUT2D eigenvalue weighted by atomic mass is 10.1. The van der Waals surface area contributed by atoms with Crippen molar-refractivity contribution in [2.45, 2.75) is 19.4 Å². The summed E-state index contributed by atoms with van der Waals surface area (Å²) in [4.78, 5) is 11.8. The number of phenolic OH excluding ortho intramolecular Hbond substituents is 1. The number of carbonyl (C=O) groups is 1. The molecule has 0 spiro atoms. The Balaban J connectivity index is 2.85. The number of carbonyl (C=O) groups excluding carboxylic acids is 1. The molecule has 0 aliphatic heterocycles. The van der Waals surface area contributed by atoms with Gasteiger partial charge in [0.05, 0.1) is 5.02 Å². The lowest BCUT2D eigenvalue weighted by Gasteiger charge is -2.24. The van der Waals surface area contributed by atoms with Gasteiger partial charge in [-0.2, -0.15) is 0 Å². The number of aromatic hydroxyl groups is 1. The van der Waals surface area contributed by atoms with Gasteiger partial charge in [0.2, 0.25) is 0 Å². The Morgan fingerprint density at radius 1 is 1.56 bits per heavy atom. The summed E-state index contributed by atoms with van der Waals surface area (Å²) in [5, 5.41) is 12.1.